The number of ether oxygens (including phenoxy) is 1. The molecule has 19 heavy (non-hydrogen) atoms. The van der Waals surface area contributed by atoms with Gasteiger partial charge >= 0.3 is 0 Å². The summed E-state index contributed by atoms with van der Waals surface area (Å²) >= 11 is 0. The van der Waals surface area contributed by atoms with Crippen LogP contribution >= 0.6 is 0 Å². The van der Waals surface area contributed by atoms with Crippen molar-refractivity contribution in [3.63, 3.8) is 0 Å². The predicted octanol–water partition coefficient (Wildman–Crippen LogP) is 3.60. The van der Waals surface area contributed by atoms with E-state index in [1.165, 1.54) is 11.1 Å². The van der Waals surface area contributed by atoms with Gasteiger partial charge in [-0.05, 0) is 49.2 Å². The average Bonchev–Trinajstić information content (AvgIpc) is 2.41. The van der Waals surface area contributed by atoms with E-state index >= 15 is 0 Å². The molecule has 0 atom stereocenters. The monoisotopic (exact) mass is 256 g/mol. The summed E-state index contributed by atoms with van der Waals surface area (Å²) in [6.45, 7) is 7.98. The van der Waals surface area contributed by atoms with E-state index in [9.17, 15) is 0 Å². The van der Waals surface area contributed by atoms with Crippen LogP contribution in [0.3, 0.4) is 0 Å². The van der Waals surface area contributed by atoms with Crippen molar-refractivity contribution in [3.05, 3.63) is 53.2 Å². The molecule has 0 unspecified atom stereocenters. The second kappa shape index (κ2) is 6.34. The van der Waals surface area contributed by atoms with Crippen molar-refractivity contribution in [2.45, 2.75) is 27.3 Å². The highest BCUT2D eigenvalue weighted by Gasteiger charge is 2.04. The maximum absolute atomic E-state index is 5.87. The van der Waals surface area contributed by atoms with Gasteiger partial charge in [-0.3, -0.25) is 0 Å². The third-order valence-electron chi connectivity index (χ3n) is 2.94. The molecule has 0 aliphatic rings. The number of pyridine rings is 1. The van der Waals surface area contributed by atoms with Gasteiger partial charge in [-0.1, -0.05) is 19.1 Å². The van der Waals surface area contributed by atoms with E-state index in [4.69, 9.17) is 4.74 Å². The van der Waals surface area contributed by atoms with Crippen molar-refractivity contribution in [2.75, 3.05) is 6.54 Å². The molecule has 0 amide bonds. The van der Waals surface area contributed by atoms with Crippen LogP contribution in [0.15, 0.2) is 36.5 Å². The number of hydrogen-bond acceptors (Lipinski definition) is 3. The highest BCUT2D eigenvalue weighted by Crippen LogP contribution is 2.25. The normalized spacial score (nSPS) is 10.5. The molecule has 0 bridgehead atoms. The quantitative estimate of drug-likeness (QED) is 0.887. The minimum absolute atomic E-state index is 0.643. The number of nitrogens with one attached hydrogen (secondary N) is 1. The molecule has 0 spiro atoms. The first kappa shape index (κ1) is 13.6. The lowest BCUT2D eigenvalue weighted by molar-refractivity contribution is 0.458. The molecule has 0 saturated heterocycles. The molecule has 0 saturated carbocycles. The molecular weight excluding hydrogens is 236 g/mol. The molecule has 0 radical (unpaired) electrons. The van der Waals surface area contributed by atoms with Crippen LogP contribution in [0.1, 0.15) is 23.6 Å². The number of rotatable bonds is 5. The molecule has 2 aromatic rings. The third kappa shape index (κ3) is 3.80. The van der Waals surface area contributed by atoms with Crippen LogP contribution in [0.25, 0.3) is 0 Å². The number of benzene rings is 1. The van der Waals surface area contributed by atoms with Gasteiger partial charge in [0.1, 0.15) is 5.75 Å². The summed E-state index contributed by atoms with van der Waals surface area (Å²) in [6, 6.07) is 10.2. The zero-order chi connectivity index (χ0) is 13.7. The lowest BCUT2D eigenvalue weighted by Gasteiger charge is -2.10. The van der Waals surface area contributed by atoms with Crippen molar-refractivity contribution < 1.29 is 4.74 Å². The van der Waals surface area contributed by atoms with Crippen LogP contribution in [0.2, 0.25) is 0 Å². The molecule has 3 heteroatoms. The third-order valence-corrected chi connectivity index (χ3v) is 2.94. The highest BCUT2D eigenvalue weighted by molar-refractivity contribution is 5.38. The van der Waals surface area contributed by atoms with E-state index in [0.29, 0.717) is 5.88 Å². The van der Waals surface area contributed by atoms with Gasteiger partial charge in [0.05, 0.1) is 0 Å². The molecule has 0 aliphatic carbocycles. The number of hydrogen-bond donors (Lipinski definition) is 1. The summed E-state index contributed by atoms with van der Waals surface area (Å²) < 4.78 is 5.87. The largest absolute Gasteiger partial charge is 0.439 e. The molecule has 0 aliphatic heterocycles. The minimum Gasteiger partial charge on any atom is -0.439 e. The molecule has 0 fully saturated rings. The summed E-state index contributed by atoms with van der Waals surface area (Å²) in [7, 11) is 0. The summed E-state index contributed by atoms with van der Waals surface area (Å²) in [6.07, 6.45) is 1.78. The van der Waals surface area contributed by atoms with Gasteiger partial charge in [-0.2, -0.15) is 0 Å². The molecule has 2 rings (SSSR count). The Balaban J connectivity index is 2.16. The maximum Gasteiger partial charge on any atom is 0.219 e. The standard InChI is InChI=1S/C16H20N2O/c1-4-17-11-14-7-8-18-16(10-14)19-15-9-12(2)5-6-13(15)3/h5-10,17H,4,11H2,1-3H3. The van der Waals surface area contributed by atoms with Crippen molar-refractivity contribution in [2.24, 2.45) is 0 Å². The fourth-order valence-corrected chi connectivity index (χ4v) is 1.82. The zero-order valence-electron chi connectivity index (χ0n) is 11.7. The van der Waals surface area contributed by atoms with E-state index in [0.717, 1.165) is 24.4 Å². The second-order valence-electron chi connectivity index (χ2n) is 4.65. The lowest BCUT2D eigenvalue weighted by atomic mass is 10.1. The Labute approximate surface area is 114 Å². The lowest BCUT2D eigenvalue weighted by Crippen LogP contribution is -2.11. The first-order valence-corrected chi connectivity index (χ1v) is 6.60. The van der Waals surface area contributed by atoms with Gasteiger partial charge in [-0.25, -0.2) is 4.98 Å². The predicted molar refractivity (Wildman–Crippen MR) is 77.6 cm³/mol. The average molecular weight is 256 g/mol. The molecule has 1 heterocycles. The van der Waals surface area contributed by atoms with E-state index in [2.05, 4.69) is 36.3 Å². The molecule has 1 N–H and O–H groups in total. The molecule has 1 aromatic carbocycles. The fourth-order valence-electron chi connectivity index (χ4n) is 1.82. The molecule has 100 valence electrons. The Kier molecular flexibility index (Phi) is 4.53. The highest BCUT2D eigenvalue weighted by atomic mass is 16.5. The number of nitrogens with zero attached hydrogens (tertiary/aromatic N) is 1. The van der Waals surface area contributed by atoms with Crippen molar-refractivity contribution in [1.29, 1.82) is 0 Å². The van der Waals surface area contributed by atoms with Crippen molar-refractivity contribution >= 4 is 0 Å². The van der Waals surface area contributed by atoms with Crippen LogP contribution in [-0.2, 0) is 6.54 Å². The van der Waals surface area contributed by atoms with Gasteiger partial charge in [0, 0.05) is 18.8 Å². The van der Waals surface area contributed by atoms with Crippen LogP contribution in [-0.4, -0.2) is 11.5 Å². The van der Waals surface area contributed by atoms with Gasteiger partial charge in [0.15, 0.2) is 0 Å². The van der Waals surface area contributed by atoms with E-state index in [1.54, 1.807) is 6.20 Å². The SMILES string of the molecule is CCNCc1ccnc(Oc2cc(C)ccc2C)c1. The first-order chi connectivity index (χ1) is 9.19. The zero-order valence-corrected chi connectivity index (χ0v) is 11.7. The summed E-state index contributed by atoms with van der Waals surface area (Å²) in [4.78, 5) is 4.26. The summed E-state index contributed by atoms with van der Waals surface area (Å²) in [5, 5.41) is 3.29. The van der Waals surface area contributed by atoms with Crippen molar-refractivity contribution in [1.82, 2.24) is 10.3 Å². The number of aryl methyl sites for hydroxylation is 2. The Bertz CT molecular complexity index is 552. The van der Waals surface area contributed by atoms with E-state index in [-0.39, 0.29) is 0 Å². The summed E-state index contributed by atoms with van der Waals surface area (Å²) in [5.41, 5.74) is 3.48. The molecule has 3 nitrogen and oxygen atoms in total. The van der Waals surface area contributed by atoms with Gasteiger partial charge in [0.25, 0.3) is 0 Å². The van der Waals surface area contributed by atoms with Crippen LogP contribution in [0.5, 0.6) is 11.6 Å². The maximum atomic E-state index is 5.87. The Morgan fingerprint density at radius 2 is 2.00 bits per heavy atom. The topological polar surface area (TPSA) is 34.2 Å². The second-order valence-corrected chi connectivity index (χ2v) is 4.65. The Morgan fingerprint density at radius 3 is 2.79 bits per heavy atom. The smallest absolute Gasteiger partial charge is 0.219 e. The number of aromatic nitrogens is 1. The fraction of sp³-hybridized carbons (Fsp3) is 0.312. The summed E-state index contributed by atoms with van der Waals surface area (Å²) in [5.74, 6) is 1.51. The van der Waals surface area contributed by atoms with Crippen LogP contribution < -0.4 is 10.1 Å². The Hall–Kier alpha value is -1.87. The van der Waals surface area contributed by atoms with Crippen LogP contribution in [0.4, 0.5) is 0 Å². The van der Waals surface area contributed by atoms with Gasteiger partial charge in [0.2, 0.25) is 5.88 Å². The van der Waals surface area contributed by atoms with Crippen LogP contribution in [0, 0.1) is 13.8 Å². The Morgan fingerprint density at radius 1 is 1.16 bits per heavy atom. The first-order valence-electron chi connectivity index (χ1n) is 6.60. The van der Waals surface area contributed by atoms with E-state index in [1.807, 2.05) is 25.1 Å². The van der Waals surface area contributed by atoms with Crippen molar-refractivity contribution in [3.8, 4) is 11.6 Å². The molecule has 1 aromatic heterocycles. The molecular formula is C16H20N2O. The van der Waals surface area contributed by atoms with Gasteiger partial charge < -0.3 is 10.1 Å². The van der Waals surface area contributed by atoms with Gasteiger partial charge in [-0.15, -0.1) is 0 Å². The van der Waals surface area contributed by atoms with E-state index < -0.39 is 0 Å². The minimum atomic E-state index is 0.643.